The predicted octanol–water partition coefficient (Wildman–Crippen LogP) is 3.01. The van der Waals surface area contributed by atoms with Gasteiger partial charge in [0.15, 0.2) is 6.10 Å². The lowest BCUT2D eigenvalue weighted by molar-refractivity contribution is -0.270. The van der Waals surface area contributed by atoms with Crippen LogP contribution in [0.4, 0.5) is 0 Å². The van der Waals surface area contributed by atoms with Gasteiger partial charge in [0, 0.05) is 10.8 Å². The second-order valence-electron chi connectivity index (χ2n) is 8.44. The molecule has 0 amide bonds. The summed E-state index contributed by atoms with van der Waals surface area (Å²) in [4.78, 5) is 11.4. The molecule has 1 aliphatic rings. The molecule has 33 heavy (non-hydrogen) atoms. The molecule has 6 rings (SSSR count). The average molecular weight is 444 g/mol. The third-order valence-electron chi connectivity index (χ3n) is 6.52. The van der Waals surface area contributed by atoms with Crippen molar-refractivity contribution in [1.82, 2.24) is 0 Å². The second-order valence-corrected chi connectivity index (χ2v) is 8.44. The van der Waals surface area contributed by atoms with E-state index in [2.05, 4.69) is 24.3 Å². The first-order chi connectivity index (χ1) is 15.9. The van der Waals surface area contributed by atoms with Crippen molar-refractivity contribution in [2.75, 3.05) is 0 Å². The SMILES string of the molecule is O=C(O)[C@H]1OC(Oc2ccc3ccc4c5ccccc5cc5ccc2c3c54)[C@H](O)[C@@H](O)[C@@H]1O. The van der Waals surface area contributed by atoms with Crippen molar-refractivity contribution in [1.29, 1.82) is 0 Å². The summed E-state index contributed by atoms with van der Waals surface area (Å²) < 4.78 is 11.2. The molecule has 0 radical (unpaired) electrons. The van der Waals surface area contributed by atoms with Crippen LogP contribution in [0.3, 0.4) is 0 Å². The molecule has 7 nitrogen and oxygen atoms in total. The number of aliphatic hydroxyl groups is 3. The van der Waals surface area contributed by atoms with Crippen LogP contribution in [0, 0.1) is 0 Å². The van der Waals surface area contributed by atoms with Gasteiger partial charge in [-0.3, -0.25) is 0 Å². The Morgan fingerprint density at radius 3 is 2.24 bits per heavy atom. The first-order valence-corrected chi connectivity index (χ1v) is 10.6. The highest BCUT2D eigenvalue weighted by Crippen LogP contribution is 2.42. The Morgan fingerprint density at radius 1 is 0.727 bits per heavy atom. The predicted molar refractivity (Wildman–Crippen MR) is 123 cm³/mol. The maximum atomic E-state index is 11.4. The zero-order valence-corrected chi connectivity index (χ0v) is 17.3. The highest BCUT2D eigenvalue weighted by Gasteiger charge is 2.48. The molecule has 4 N–H and O–H groups in total. The quantitative estimate of drug-likeness (QED) is 0.250. The molecular formula is C26H20O7. The van der Waals surface area contributed by atoms with Gasteiger partial charge in [0.05, 0.1) is 0 Å². The molecule has 0 aromatic heterocycles. The van der Waals surface area contributed by atoms with Crippen molar-refractivity contribution >= 4 is 49.1 Å². The molecule has 1 heterocycles. The summed E-state index contributed by atoms with van der Waals surface area (Å²) in [5.74, 6) is -1.08. The third kappa shape index (κ3) is 2.94. The Kier molecular flexibility index (Phi) is 4.43. The summed E-state index contributed by atoms with van der Waals surface area (Å²) in [5.41, 5.74) is 0. The maximum Gasteiger partial charge on any atom is 0.335 e. The lowest BCUT2D eigenvalue weighted by Crippen LogP contribution is -2.61. The van der Waals surface area contributed by atoms with Gasteiger partial charge in [-0.15, -0.1) is 0 Å². The zero-order valence-electron chi connectivity index (χ0n) is 17.3. The van der Waals surface area contributed by atoms with Crippen LogP contribution in [-0.4, -0.2) is 57.1 Å². The third-order valence-corrected chi connectivity index (χ3v) is 6.52. The Bertz CT molecular complexity index is 1530. The smallest absolute Gasteiger partial charge is 0.335 e. The number of hydrogen-bond donors (Lipinski definition) is 4. The van der Waals surface area contributed by atoms with Gasteiger partial charge in [-0.2, -0.15) is 0 Å². The van der Waals surface area contributed by atoms with Crippen LogP contribution in [0.15, 0.2) is 66.7 Å². The minimum absolute atomic E-state index is 0.377. The van der Waals surface area contributed by atoms with Gasteiger partial charge < -0.3 is 29.9 Å². The number of aliphatic carboxylic acids is 1. The summed E-state index contributed by atoms with van der Waals surface area (Å²) in [6, 6.07) is 22.0. The van der Waals surface area contributed by atoms with Crippen molar-refractivity contribution in [3.05, 3.63) is 66.7 Å². The van der Waals surface area contributed by atoms with E-state index in [1.165, 1.54) is 0 Å². The Labute approximate surface area is 187 Å². The summed E-state index contributed by atoms with van der Waals surface area (Å²) in [6.45, 7) is 0. The molecule has 5 atom stereocenters. The topological polar surface area (TPSA) is 116 Å². The number of hydrogen-bond acceptors (Lipinski definition) is 6. The highest BCUT2D eigenvalue weighted by molar-refractivity contribution is 6.29. The van der Waals surface area contributed by atoms with Crippen molar-refractivity contribution in [3.8, 4) is 5.75 Å². The monoisotopic (exact) mass is 444 g/mol. The Balaban J connectivity index is 1.51. The van der Waals surface area contributed by atoms with E-state index in [1.54, 1.807) is 6.07 Å². The Hall–Kier alpha value is -3.49. The minimum atomic E-state index is -1.77. The van der Waals surface area contributed by atoms with Gasteiger partial charge in [-0.25, -0.2) is 4.79 Å². The van der Waals surface area contributed by atoms with E-state index in [9.17, 15) is 25.2 Å². The van der Waals surface area contributed by atoms with Crippen molar-refractivity contribution < 1.29 is 34.7 Å². The van der Waals surface area contributed by atoms with Crippen LogP contribution in [0.1, 0.15) is 0 Å². The number of ether oxygens (including phenoxy) is 2. The van der Waals surface area contributed by atoms with Gasteiger partial charge >= 0.3 is 5.97 Å². The number of fused-ring (bicyclic) bond motifs is 2. The fourth-order valence-electron chi connectivity index (χ4n) is 4.91. The van der Waals surface area contributed by atoms with Gasteiger partial charge in [-0.1, -0.05) is 48.5 Å². The van der Waals surface area contributed by atoms with E-state index < -0.39 is 36.7 Å². The normalized spacial score (nSPS) is 25.8. The fourth-order valence-corrected chi connectivity index (χ4v) is 4.91. The molecule has 5 aromatic carbocycles. The molecule has 0 aliphatic carbocycles. The van der Waals surface area contributed by atoms with Crippen LogP contribution >= 0.6 is 0 Å². The minimum Gasteiger partial charge on any atom is -0.479 e. The van der Waals surface area contributed by atoms with E-state index in [1.807, 2.05) is 36.4 Å². The largest absolute Gasteiger partial charge is 0.479 e. The summed E-state index contributed by atoms with van der Waals surface area (Å²) in [5, 5.41) is 48.1. The van der Waals surface area contributed by atoms with E-state index in [-0.39, 0.29) is 0 Å². The number of benzene rings is 5. The van der Waals surface area contributed by atoms with Crippen LogP contribution in [0.2, 0.25) is 0 Å². The summed E-state index contributed by atoms with van der Waals surface area (Å²) in [7, 11) is 0. The first-order valence-electron chi connectivity index (χ1n) is 10.6. The first kappa shape index (κ1) is 20.1. The molecule has 166 valence electrons. The highest BCUT2D eigenvalue weighted by atomic mass is 16.7. The van der Waals surface area contributed by atoms with Crippen LogP contribution < -0.4 is 4.74 Å². The lowest BCUT2D eigenvalue weighted by Gasteiger charge is -2.38. The number of rotatable bonds is 3. The molecule has 1 aliphatic heterocycles. The van der Waals surface area contributed by atoms with E-state index in [0.29, 0.717) is 5.75 Å². The Morgan fingerprint density at radius 2 is 1.42 bits per heavy atom. The number of carboxylic acids is 1. The van der Waals surface area contributed by atoms with Gasteiger partial charge in [0.25, 0.3) is 0 Å². The van der Waals surface area contributed by atoms with Gasteiger partial charge in [0.2, 0.25) is 6.29 Å². The molecule has 7 heteroatoms. The van der Waals surface area contributed by atoms with E-state index in [0.717, 1.165) is 43.1 Å². The average Bonchev–Trinajstić information content (AvgIpc) is 2.82. The van der Waals surface area contributed by atoms with E-state index in [4.69, 9.17) is 9.47 Å². The molecule has 1 saturated heterocycles. The number of carboxylic acid groups (broad SMARTS) is 1. The summed E-state index contributed by atoms with van der Waals surface area (Å²) >= 11 is 0. The van der Waals surface area contributed by atoms with Gasteiger partial charge in [-0.05, 0) is 50.5 Å². The van der Waals surface area contributed by atoms with Crippen LogP contribution in [0.5, 0.6) is 5.75 Å². The van der Waals surface area contributed by atoms with Gasteiger partial charge in [0.1, 0.15) is 24.1 Å². The van der Waals surface area contributed by atoms with Crippen LogP contribution in [-0.2, 0) is 9.53 Å². The number of aliphatic hydroxyl groups excluding tert-OH is 3. The van der Waals surface area contributed by atoms with Crippen molar-refractivity contribution in [2.24, 2.45) is 0 Å². The molecular weight excluding hydrogens is 424 g/mol. The standard InChI is InChI=1S/C26H20O7/c27-21-22(28)24(25(30)31)33-26(23(21)29)32-18-10-7-12-5-8-16-15-4-2-1-3-13(15)11-14-6-9-17(18)19(12)20(14)16/h1-11,21-24,26-29H,(H,30,31)/t21-,22-,23+,24-,26?/m0/s1. The molecule has 0 bridgehead atoms. The fraction of sp³-hybridized carbons (Fsp3) is 0.192. The van der Waals surface area contributed by atoms with E-state index >= 15 is 0 Å². The molecule has 5 aromatic rings. The van der Waals surface area contributed by atoms with Crippen molar-refractivity contribution in [3.63, 3.8) is 0 Å². The lowest BCUT2D eigenvalue weighted by atomic mass is 9.91. The molecule has 1 unspecified atom stereocenters. The molecule has 0 saturated carbocycles. The maximum absolute atomic E-state index is 11.4. The van der Waals surface area contributed by atoms with Crippen molar-refractivity contribution in [2.45, 2.75) is 30.7 Å². The second kappa shape index (κ2) is 7.26. The molecule has 1 fully saturated rings. The zero-order chi connectivity index (χ0) is 22.9. The number of carbonyl (C=O) groups is 1. The summed E-state index contributed by atoms with van der Waals surface area (Å²) in [6.07, 6.45) is -8.32. The van der Waals surface area contributed by atoms with Crippen LogP contribution in [0.25, 0.3) is 43.1 Å². The molecule has 0 spiro atoms.